The van der Waals surface area contributed by atoms with Crippen LogP contribution in [-0.2, 0) is 19.4 Å². The molecule has 1 N–H and O–H groups in total. The fourth-order valence-corrected chi connectivity index (χ4v) is 3.51. The molecular formula is C22H21N3O. The van der Waals surface area contributed by atoms with Gasteiger partial charge in [0.2, 0.25) is 0 Å². The van der Waals surface area contributed by atoms with E-state index in [0.29, 0.717) is 12.1 Å². The van der Waals surface area contributed by atoms with Gasteiger partial charge in [0.05, 0.1) is 5.69 Å². The van der Waals surface area contributed by atoms with Gasteiger partial charge in [-0.3, -0.25) is 4.79 Å². The lowest BCUT2D eigenvalue weighted by Crippen LogP contribution is -2.23. The number of carbonyl (C=O) groups is 1. The highest BCUT2D eigenvalue weighted by Crippen LogP contribution is 2.30. The molecule has 3 aromatic rings. The molecule has 0 saturated carbocycles. The van der Waals surface area contributed by atoms with Gasteiger partial charge in [-0.15, -0.1) is 0 Å². The molecule has 0 fully saturated rings. The van der Waals surface area contributed by atoms with E-state index in [1.165, 1.54) is 12.0 Å². The van der Waals surface area contributed by atoms with E-state index in [1.807, 2.05) is 54.6 Å². The molecule has 0 bridgehead atoms. The van der Waals surface area contributed by atoms with Gasteiger partial charge in [-0.2, -0.15) is 0 Å². The fourth-order valence-electron chi connectivity index (χ4n) is 3.51. The number of benzene rings is 2. The van der Waals surface area contributed by atoms with Crippen molar-refractivity contribution < 1.29 is 4.79 Å². The minimum Gasteiger partial charge on any atom is -0.348 e. The number of nitrogens with one attached hydrogen (secondary N) is 1. The maximum atomic E-state index is 12.8. The summed E-state index contributed by atoms with van der Waals surface area (Å²) in [5, 5.41) is 3.02. The van der Waals surface area contributed by atoms with E-state index < -0.39 is 0 Å². The van der Waals surface area contributed by atoms with Crippen LogP contribution in [0.1, 0.15) is 40.0 Å². The Labute approximate surface area is 153 Å². The van der Waals surface area contributed by atoms with Crippen molar-refractivity contribution in [2.45, 2.75) is 32.2 Å². The summed E-state index contributed by atoms with van der Waals surface area (Å²) in [5.74, 6) is -0.0763. The van der Waals surface area contributed by atoms with E-state index in [0.717, 1.165) is 41.8 Å². The molecule has 4 rings (SSSR count). The number of hydrogen-bond acceptors (Lipinski definition) is 3. The number of nitrogens with zero attached hydrogens (tertiary/aromatic N) is 2. The molecule has 0 aliphatic heterocycles. The van der Waals surface area contributed by atoms with Crippen molar-refractivity contribution in [2.24, 2.45) is 0 Å². The Bertz CT molecular complexity index is 922. The number of amides is 1. The Morgan fingerprint density at radius 2 is 1.69 bits per heavy atom. The van der Waals surface area contributed by atoms with Gasteiger partial charge < -0.3 is 5.32 Å². The predicted octanol–water partition coefficient (Wildman–Crippen LogP) is 3.95. The summed E-state index contributed by atoms with van der Waals surface area (Å²) in [6.07, 6.45) is 5.91. The number of hydrogen-bond donors (Lipinski definition) is 1. The number of fused-ring (bicyclic) bond motifs is 1. The maximum absolute atomic E-state index is 12.8. The van der Waals surface area contributed by atoms with Gasteiger partial charge in [0.25, 0.3) is 5.91 Å². The number of carbonyl (C=O) groups excluding carboxylic acids is 1. The summed E-state index contributed by atoms with van der Waals surface area (Å²) in [7, 11) is 0. The maximum Gasteiger partial charge on any atom is 0.252 e. The molecule has 1 aliphatic carbocycles. The topological polar surface area (TPSA) is 54.9 Å². The lowest BCUT2D eigenvalue weighted by atomic mass is 9.91. The first-order valence-electron chi connectivity index (χ1n) is 9.07. The van der Waals surface area contributed by atoms with Crippen molar-refractivity contribution in [2.75, 3.05) is 0 Å². The second kappa shape index (κ2) is 7.48. The number of rotatable bonds is 4. The van der Waals surface area contributed by atoms with Gasteiger partial charge >= 0.3 is 0 Å². The highest BCUT2D eigenvalue weighted by Gasteiger charge is 2.20. The third-order valence-corrected chi connectivity index (χ3v) is 4.85. The number of aryl methyl sites for hydroxylation is 1. The average molecular weight is 343 g/mol. The summed E-state index contributed by atoms with van der Waals surface area (Å²) in [4.78, 5) is 21.8. The van der Waals surface area contributed by atoms with Crippen LogP contribution >= 0.6 is 0 Å². The monoisotopic (exact) mass is 343 g/mol. The van der Waals surface area contributed by atoms with Gasteiger partial charge in [0.15, 0.2) is 0 Å². The zero-order valence-corrected chi connectivity index (χ0v) is 14.6. The molecule has 0 atom stereocenters. The second-order valence-corrected chi connectivity index (χ2v) is 6.57. The molecule has 130 valence electrons. The van der Waals surface area contributed by atoms with Gasteiger partial charge in [-0.1, -0.05) is 48.5 Å². The van der Waals surface area contributed by atoms with Crippen LogP contribution in [0.15, 0.2) is 60.9 Å². The largest absolute Gasteiger partial charge is 0.348 e. The summed E-state index contributed by atoms with van der Waals surface area (Å²) in [6, 6.07) is 17.6. The van der Waals surface area contributed by atoms with Gasteiger partial charge in [0, 0.05) is 28.9 Å². The SMILES string of the molecule is O=C(NCc1ccccc1)c1ccccc1-c1ncnc2c1CCCC2. The predicted molar refractivity (Wildman–Crippen MR) is 102 cm³/mol. The molecule has 1 aliphatic rings. The molecule has 0 unspecified atom stereocenters. The Morgan fingerprint density at radius 3 is 2.58 bits per heavy atom. The quantitative estimate of drug-likeness (QED) is 0.780. The third kappa shape index (κ3) is 3.36. The Balaban J connectivity index is 1.64. The van der Waals surface area contributed by atoms with Crippen LogP contribution in [0.3, 0.4) is 0 Å². The average Bonchev–Trinajstić information content (AvgIpc) is 2.72. The molecule has 0 spiro atoms. The minimum atomic E-state index is -0.0763. The summed E-state index contributed by atoms with van der Waals surface area (Å²) >= 11 is 0. The molecule has 1 amide bonds. The summed E-state index contributed by atoms with van der Waals surface area (Å²) in [5.41, 5.74) is 5.86. The highest BCUT2D eigenvalue weighted by molar-refractivity contribution is 6.00. The van der Waals surface area contributed by atoms with E-state index >= 15 is 0 Å². The summed E-state index contributed by atoms with van der Waals surface area (Å²) < 4.78 is 0. The van der Waals surface area contributed by atoms with Crippen LogP contribution < -0.4 is 5.32 Å². The molecule has 4 nitrogen and oxygen atoms in total. The molecule has 2 aromatic carbocycles. The fraction of sp³-hybridized carbons (Fsp3) is 0.227. The molecule has 0 saturated heterocycles. The van der Waals surface area contributed by atoms with Crippen LogP contribution in [0, 0.1) is 0 Å². The van der Waals surface area contributed by atoms with E-state index in [1.54, 1.807) is 6.33 Å². The lowest BCUT2D eigenvalue weighted by molar-refractivity contribution is 0.0951. The molecule has 0 radical (unpaired) electrons. The first-order chi connectivity index (χ1) is 12.8. The second-order valence-electron chi connectivity index (χ2n) is 6.57. The Kier molecular flexibility index (Phi) is 4.73. The molecule has 1 aromatic heterocycles. The Morgan fingerprint density at radius 1 is 0.923 bits per heavy atom. The van der Waals surface area contributed by atoms with Gasteiger partial charge in [-0.25, -0.2) is 9.97 Å². The third-order valence-electron chi connectivity index (χ3n) is 4.85. The number of aromatic nitrogens is 2. The Hall–Kier alpha value is -3.01. The normalized spacial score (nSPS) is 13.1. The van der Waals surface area contributed by atoms with Crippen molar-refractivity contribution in [3.63, 3.8) is 0 Å². The van der Waals surface area contributed by atoms with Crippen LogP contribution in [-0.4, -0.2) is 15.9 Å². The van der Waals surface area contributed by atoms with Crippen molar-refractivity contribution >= 4 is 5.91 Å². The molecule has 4 heteroatoms. The highest BCUT2D eigenvalue weighted by atomic mass is 16.1. The lowest BCUT2D eigenvalue weighted by Gasteiger charge is -2.18. The zero-order valence-electron chi connectivity index (χ0n) is 14.6. The van der Waals surface area contributed by atoms with Crippen molar-refractivity contribution in [1.82, 2.24) is 15.3 Å². The van der Waals surface area contributed by atoms with Crippen molar-refractivity contribution in [1.29, 1.82) is 0 Å². The van der Waals surface area contributed by atoms with Crippen LogP contribution in [0.4, 0.5) is 0 Å². The van der Waals surface area contributed by atoms with Crippen LogP contribution in [0.2, 0.25) is 0 Å². The van der Waals surface area contributed by atoms with E-state index in [2.05, 4.69) is 15.3 Å². The van der Waals surface area contributed by atoms with Crippen LogP contribution in [0.5, 0.6) is 0 Å². The van der Waals surface area contributed by atoms with Crippen LogP contribution in [0.25, 0.3) is 11.3 Å². The van der Waals surface area contributed by atoms with E-state index in [9.17, 15) is 4.79 Å². The van der Waals surface area contributed by atoms with Gasteiger partial charge in [0.1, 0.15) is 6.33 Å². The smallest absolute Gasteiger partial charge is 0.252 e. The van der Waals surface area contributed by atoms with Crippen molar-refractivity contribution in [3.8, 4) is 11.3 Å². The molecule has 1 heterocycles. The van der Waals surface area contributed by atoms with E-state index in [-0.39, 0.29) is 5.91 Å². The van der Waals surface area contributed by atoms with Gasteiger partial charge in [-0.05, 0) is 37.3 Å². The minimum absolute atomic E-state index is 0.0763. The van der Waals surface area contributed by atoms with Crippen molar-refractivity contribution in [3.05, 3.63) is 83.3 Å². The molecular weight excluding hydrogens is 322 g/mol. The summed E-state index contributed by atoms with van der Waals surface area (Å²) in [6.45, 7) is 0.510. The first kappa shape index (κ1) is 16.5. The zero-order chi connectivity index (χ0) is 17.8. The molecule has 26 heavy (non-hydrogen) atoms. The standard InChI is InChI=1S/C22H21N3O/c26-22(23-14-16-8-2-1-3-9-16)18-11-5-4-10-17(18)21-19-12-6-7-13-20(19)24-15-25-21/h1-5,8-11,15H,6-7,12-14H2,(H,23,26). The van der Waals surface area contributed by atoms with E-state index in [4.69, 9.17) is 0 Å². The first-order valence-corrected chi connectivity index (χ1v) is 9.07.